The highest BCUT2D eigenvalue weighted by Gasteiger charge is 2.22. The van der Waals surface area contributed by atoms with Gasteiger partial charge in [0.2, 0.25) is 0 Å². The molecule has 5 nitrogen and oxygen atoms in total. The number of rotatable bonds is 24. The number of ether oxygens (including phenoxy) is 1. The van der Waals surface area contributed by atoms with Crippen molar-refractivity contribution in [1.29, 1.82) is 0 Å². The molecule has 2 rings (SSSR count). The molecule has 1 N–H and O–H groups in total. The maximum atomic E-state index is 11.2. The third kappa shape index (κ3) is 24.0. The molecule has 0 aromatic carbocycles. The maximum absolute atomic E-state index is 11.2. The molecule has 0 amide bonds. The smallest absolute Gasteiger partial charge is 0.267 e. The van der Waals surface area contributed by atoms with Crippen LogP contribution in [0, 0.1) is 47.3 Å². The molecule has 0 aliphatic heterocycles. The second-order valence-electron chi connectivity index (χ2n) is 16.5. The Balaban J connectivity index is 0.000000489. The van der Waals surface area contributed by atoms with Gasteiger partial charge in [0.15, 0.2) is 0 Å². The average molecular weight is 673 g/mol. The lowest BCUT2D eigenvalue weighted by Gasteiger charge is -2.28. The second kappa shape index (κ2) is 26.7. The third-order valence-electron chi connectivity index (χ3n) is 11.1. The molecule has 2 aliphatic carbocycles. The SMILES string of the molecule is CC(C)CCCC(C)CCCC1CCC(CO)CC1.COS(=O)(=O)CCCOCC1CCC(CCCC(C)CCCC(C)C)CC1. The Morgan fingerprint density at radius 1 is 0.587 bits per heavy atom. The van der Waals surface area contributed by atoms with Crippen molar-refractivity contribution in [3.05, 3.63) is 0 Å². The first kappa shape index (κ1) is 43.9. The summed E-state index contributed by atoms with van der Waals surface area (Å²) < 4.78 is 32.6. The topological polar surface area (TPSA) is 72.8 Å². The Kier molecular flexibility index (Phi) is 25.4. The van der Waals surface area contributed by atoms with E-state index in [1.54, 1.807) is 0 Å². The first-order valence-electron chi connectivity index (χ1n) is 19.9. The first-order chi connectivity index (χ1) is 21.9. The van der Waals surface area contributed by atoms with Crippen molar-refractivity contribution in [2.24, 2.45) is 47.3 Å². The highest BCUT2D eigenvalue weighted by molar-refractivity contribution is 7.86. The zero-order valence-corrected chi connectivity index (χ0v) is 32.6. The Labute approximate surface area is 288 Å². The van der Waals surface area contributed by atoms with Crippen LogP contribution in [-0.2, 0) is 19.0 Å². The van der Waals surface area contributed by atoms with Gasteiger partial charge >= 0.3 is 0 Å². The van der Waals surface area contributed by atoms with E-state index in [1.807, 2.05) is 0 Å². The quantitative estimate of drug-likeness (QED) is 0.0816. The minimum Gasteiger partial charge on any atom is -0.396 e. The minimum atomic E-state index is -3.34. The maximum Gasteiger partial charge on any atom is 0.267 e. The summed E-state index contributed by atoms with van der Waals surface area (Å²) in [6, 6.07) is 0. The molecule has 2 aliphatic rings. The molecule has 2 atom stereocenters. The molecule has 2 unspecified atom stereocenters. The van der Waals surface area contributed by atoms with E-state index in [9.17, 15) is 8.42 Å². The summed E-state index contributed by atoms with van der Waals surface area (Å²) in [5, 5.41) is 9.15. The van der Waals surface area contributed by atoms with E-state index in [4.69, 9.17) is 9.84 Å². The molecule has 0 saturated heterocycles. The van der Waals surface area contributed by atoms with Crippen LogP contribution >= 0.6 is 0 Å². The lowest BCUT2D eigenvalue weighted by atomic mass is 9.79. The summed E-state index contributed by atoms with van der Waals surface area (Å²) in [5.74, 6) is 6.72. The zero-order valence-electron chi connectivity index (χ0n) is 31.8. The predicted octanol–water partition coefficient (Wildman–Crippen LogP) is 11.2. The van der Waals surface area contributed by atoms with Crippen LogP contribution in [0.1, 0.15) is 176 Å². The van der Waals surface area contributed by atoms with E-state index in [0.29, 0.717) is 31.5 Å². The normalized spacial score (nSPS) is 23.7. The van der Waals surface area contributed by atoms with E-state index in [-0.39, 0.29) is 5.75 Å². The largest absolute Gasteiger partial charge is 0.396 e. The zero-order chi connectivity index (χ0) is 34.2. The lowest BCUT2D eigenvalue weighted by molar-refractivity contribution is 0.0771. The molecule has 0 spiro atoms. The van der Waals surface area contributed by atoms with Gasteiger partial charge in [-0.3, -0.25) is 4.18 Å². The molecular formula is C40H80O5S. The fraction of sp³-hybridized carbons (Fsp3) is 1.00. The number of aliphatic hydroxyl groups excluding tert-OH is 1. The predicted molar refractivity (Wildman–Crippen MR) is 198 cm³/mol. The summed E-state index contributed by atoms with van der Waals surface area (Å²) >= 11 is 0. The highest BCUT2D eigenvalue weighted by atomic mass is 32.2. The summed E-state index contributed by atoms with van der Waals surface area (Å²) in [6.07, 6.45) is 27.9. The Morgan fingerprint density at radius 2 is 1.00 bits per heavy atom. The summed E-state index contributed by atoms with van der Waals surface area (Å²) in [5.41, 5.74) is 0. The fourth-order valence-electron chi connectivity index (χ4n) is 7.61. The summed E-state index contributed by atoms with van der Waals surface area (Å²) in [7, 11) is -2.13. The highest BCUT2D eigenvalue weighted by Crippen LogP contribution is 2.34. The molecule has 6 heteroatoms. The van der Waals surface area contributed by atoms with Gasteiger partial charge in [-0.25, -0.2) is 0 Å². The van der Waals surface area contributed by atoms with Gasteiger partial charge in [-0.1, -0.05) is 144 Å². The van der Waals surface area contributed by atoms with Crippen molar-refractivity contribution in [1.82, 2.24) is 0 Å². The molecular weight excluding hydrogens is 593 g/mol. The van der Waals surface area contributed by atoms with Gasteiger partial charge in [0.25, 0.3) is 10.1 Å². The lowest BCUT2D eigenvalue weighted by Crippen LogP contribution is -2.19. The van der Waals surface area contributed by atoms with Gasteiger partial charge in [0.1, 0.15) is 0 Å². The Morgan fingerprint density at radius 3 is 1.41 bits per heavy atom. The van der Waals surface area contributed by atoms with Crippen molar-refractivity contribution in [2.75, 3.05) is 32.7 Å². The van der Waals surface area contributed by atoms with Crippen LogP contribution in [0.2, 0.25) is 0 Å². The van der Waals surface area contributed by atoms with Crippen LogP contribution in [-0.4, -0.2) is 46.2 Å². The van der Waals surface area contributed by atoms with Crippen LogP contribution in [0.25, 0.3) is 0 Å². The molecule has 2 saturated carbocycles. The van der Waals surface area contributed by atoms with Crippen molar-refractivity contribution in [3.8, 4) is 0 Å². The third-order valence-corrected chi connectivity index (χ3v) is 12.4. The monoisotopic (exact) mass is 673 g/mol. The second-order valence-corrected chi connectivity index (χ2v) is 18.4. The summed E-state index contributed by atoms with van der Waals surface area (Å²) in [6.45, 7) is 15.9. The van der Waals surface area contributed by atoms with Gasteiger partial charge in [-0.05, 0) is 79.4 Å². The standard InChI is InChI=1S/C22H44O4S.C18H36O/c1-19(2)8-5-9-20(3)10-6-11-21-12-14-22(15-13-21)18-26-16-7-17-27(23,24)25-4;1-15(2)6-4-7-16(3)8-5-9-17-10-12-18(14-19)13-11-17/h19-22H,5-18H2,1-4H3;15-19H,4-14H2,1-3H3. The van der Waals surface area contributed by atoms with Crippen LogP contribution < -0.4 is 0 Å². The molecule has 276 valence electrons. The fourth-order valence-corrected chi connectivity index (χ4v) is 8.25. The van der Waals surface area contributed by atoms with Gasteiger partial charge in [-0.2, -0.15) is 8.42 Å². The number of hydrogen-bond donors (Lipinski definition) is 1. The van der Waals surface area contributed by atoms with Gasteiger partial charge in [-0.15, -0.1) is 0 Å². The Bertz CT molecular complexity index is 781. The van der Waals surface area contributed by atoms with E-state index < -0.39 is 10.1 Å². The van der Waals surface area contributed by atoms with E-state index in [1.165, 1.54) is 136 Å². The van der Waals surface area contributed by atoms with E-state index in [2.05, 4.69) is 45.7 Å². The molecule has 2 fully saturated rings. The Hall–Kier alpha value is -0.170. The molecule has 0 bridgehead atoms. The van der Waals surface area contributed by atoms with Gasteiger partial charge in [0.05, 0.1) is 12.9 Å². The molecule has 0 aromatic rings. The van der Waals surface area contributed by atoms with Crippen molar-refractivity contribution >= 4 is 10.1 Å². The van der Waals surface area contributed by atoms with Crippen molar-refractivity contribution in [2.45, 2.75) is 176 Å². The number of hydrogen-bond acceptors (Lipinski definition) is 5. The van der Waals surface area contributed by atoms with Gasteiger partial charge in [0, 0.05) is 19.8 Å². The van der Waals surface area contributed by atoms with Crippen LogP contribution in [0.4, 0.5) is 0 Å². The van der Waals surface area contributed by atoms with Gasteiger partial charge < -0.3 is 9.84 Å². The average Bonchev–Trinajstić information content (AvgIpc) is 3.02. The van der Waals surface area contributed by atoms with Crippen molar-refractivity contribution < 1.29 is 22.4 Å². The molecule has 0 radical (unpaired) electrons. The summed E-state index contributed by atoms with van der Waals surface area (Å²) in [4.78, 5) is 0. The van der Waals surface area contributed by atoms with Crippen LogP contribution in [0.15, 0.2) is 0 Å². The van der Waals surface area contributed by atoms with Crippen LogP contribution in [0.5, 0.6) is 0 Å². The number of aliphatic hydroxyl groups is 1. The van der Waals surface area contributed by atoms with Crippen molar-refractivity contribution in [3.63, 3.8) is 0 Å². The first-order valence-corrected chi connectivity index (χ1v) is 21.5. The minimum absolute atomic E-state index is 0.0478. The van der Waals surface area contributed by atoms with E-state index in [0.717, 1.165) is 42.1 Å². The molecule has 46 heavy (non-hydrogen) atoms. The molecule has 0 aromatic heterocycles. The molecule has 0 heterocycles. The van der Waals surface area contributed by atoms with Crippen LogP contribution in [0.3, 0.4) is 0 Å². The van der Waals surface area contributed by atoms with E-state index >= 15 is 0 Å².